The van der Waals surface area contributed by atoms with Gasteiger partial charge in [-0.15, -0.1) is 0 Å². The summed E-state index contributed by atoms with van der Waals surface area (Å²) < 4.78 is 6.57. The molecular weight excluding hydrogens is 811 g/mol. The van der Waals surface area contributed by atoms with Gasteiger partial charge in [0.15, 0.2) is 0 Å². The number of anilines is 3. The van der Waals surface area contributed by atoms with Gasteiger partial charge in [-0.3, -0.25) is 0 Å². The highest BCUT2D eigenvalue weighted by molar-refractivity contribution is 6.10. The molecule has 0 amide bonds. The van der Waals surface area contributed by atoms with Crippen LogP contribution >= 0.6 is 0 Å². The van der Waals surface area contributed by atoms with Crippen molar-refractivity contribution in [1.29, 1.82) is 0 Å². The average molecular weight is 854 g/mol. The smallest absolute Gasteiger partial charge is 0.143 e. The van der Waals surface area contributed by atoms with E-state index in [9.17, 15) is 0 Å². The van der Waals surface area contributed by atoms with Crippen molar-refractivity contribution in [2.24, 2.45) is 0 Å². The summed E-state index contributed by atoms with van der Waals surface area (Å²) in [6.07, 6.45) is 0. The van der Waals surface area contributed by atoms with Gasteiger partial charge in [0.1, 0.15) is 11.2 Å². The molecular formula is C65H43NO. The molecule has 1 aliphatic carbocycles. The van der Waals surface area contributed by atoms with Gasteiger partial charge in [0.25, 0.3) is 0 Å². The molecule has 2 heteroatoms. The van der Waals surface area contributed by atoms with Gasteiger partial charge in [0.2, 0.25) is 0 Å². The van der Waals surface area contributed by atoms with E-state index in [1.165, 1.54) is 49.7 Å². The maximum Gasteiger partial charge on any atom is 0.143 e. The number of para-hydroxylation sites is 2. The zero-order chi connectivity index (χ0) is 44.3. The summed E-state index contributed by atoms with van der Waals surface area (Å²) >= 11 is 0. The first-order valence-corrected chi connectivity index (χ1v) is 23.1. The lowest BCUT2D eigenvalue weighted by atomic mass is 9.68. The van der Waals surface area contributed by atoms with Gasteiger partial charge >= 0.3 is 0 Å². The molecule has 0 N–H and O–H groups in total. The van der Waals surface area contributed by atoms with E-state index in [0.717, 1.165) is 66.8 Å². The number of hydrogen-bond acceptors (Lipinski definition) is 2. The first-order valence-electron chi connectivity index (χ1n) is 23.1. The van der Waals surface area contributed by atoms with E-state index in [2.05, 4.69) is 260 Å². The van der Waals surface area contributed by atoms with Crippen LogP contribution in [0.2, 0.25) is 0 Å². The first kappa shape index (κ1) is 38.7. The van der Waals surface area contributed by atoms with Gasteiger partial charge in [0, 0.05) is 33.2 Å². The minimum Gasteiger partial charge on any atom is -0.455 e. The van der Waals surface area contributed by atoms with Crippen molar-refractivity contribution in [2.45, 2.75) is 5.41 Å². The molecule has 2 nitrogen and oxygen atoms in total. The molecule has 0 fully saturated rings. The van der Waals surface area contributed by atoms with E-state index in [-0.39, 0.29) is 0 Å². The van der Waals surface area contributed by atoms with Crippen LogP contribution in [0.5, 0.6) is 0 Å². The van der Waals surface area contributed by atoms with E-state index >= 15 is 0 Å². The van der Waals surface area contributed by atoms with E-state index in [1.807, 2.05) is 6.07 Å². The summed E-state index contributed by atoms with van der Waals surface area (Å²) in [6.45, 7) is 0. The first-order chi connectivity index (χ1) is 33.2. The van der Waals surface area contributed by atoms with Crippen LogP contribution in [0.25, 0.3) is 77.2 Å². The SMILES string of the molecule is c1ccc(-c2ccc(-c3ccc4ccccc4c3)cc2N(c2ccc(-c3cccc4c3oc3ccccc34)cc2)c2cccc3c2-c2ccccc2C3(c2ccccc2)c2ccccc2)cc1. The molecule has 12 aromatic rings. The summed E-state index contributed by atoms with van der Waals surface area (Å²) in [5.41, 5.74) is 18.7. The highest BCUT2D eigenvalue weighted by Crippen LogP contribution is 2.60. The Balaban J connectivity index is 1.09. The van der Waals surface area contributed by atoms with Crippen LogP contribution in [0, 0.1) is 0 Å². The molecule has 0 atom stereocenters. The number of rotatable bonds is 8. The lowest BCUT2D eigenvalue weighted by Gasteiger charge is -2.34. The number of fused-ring (bicyclic) bond motifs is 7. The van der Waals surface area contributed by atoms with Crippen molar-refractivity contribution in [1.82, 2.24) is 0 Å². The van der Waals surface area contributed by atoms with Crippen molar-refractivity contribution in [3.63, 3.8) is 0 Å². The quantitative estimate of drug-likeness (QED) is 0.151. The second-order valence-corrected chi connectivity index (χ2v) is 17.5. The fourth-order valence-corrected chi connectivity index (χ4v) is 11.0. The summed E-state index contributed by atoms with van der Waals surface area (Å²) in [5.74, 6) is 0. The fourth-order valence-electron chi connectivity index (χ4n) is 11.0. The van der Waals surface area contributed by atoms with Gasteiger partial charge in [-0.05, 0) is 97.2 Å². The summed E-state index contributed by atoms with van der Waals surface area (Å²) in [5, 5.41) is 4.69. The molecule has 314 valence electrons. The van der Waals surface area contributed by atoms with Crippen LogP contribution in [0.15, 0.2) is 265 Å². The van der Waals surface area contributed by atoms with Crippen LogP contribution in [-0.2, 0) is 5.41 Å². The van der Waals surface area contributed by atoms with Crippen molar-refractivity contribution in [3.8, 4) is 44.5 Å². The fraction of sp³-hybridized carbons (Fsp3) is 0.0154. The van der Waals surface area contributed by atoms with E-state index in [0.29, 0.717) is 0 Å². The largest absolute Gasteiger partial charge is 0.455 e. The number of nitrogens with zero attached hydrogens (tertiary/aromatic N) is 1. The molecule has 0 unspecified atom stereocenters. The van der Waals surface area contributed by atoms with Crippen LogP contribution in [0.4, 0.5) is 17.1 Å². The second kappa shape index (κ2) is 15.8. The maximum absolute atomic E-state index is 6.57. The molecule has 0 bridgehead atoms. The van der Waals surface area contributed by atoms with Gasteiger partial charge in [0.05, 0.1) is 16.8 Å². The lowest BCUT2D eigenvalue weighted by Crippen LogP contribution is -2.28. The van der Waals surface area contributed by atoms with E-state index in [4.69, 9.17) is 4.42 Å². The zero-order valence-corrected chi connectivity index (χ0v) is 36.7. The Bertz CT molecular complexity index is 3760. The second-order valence-electron chi connectivity index (χ2n) is 17.5. The minimum absolute atomic E-state index is 0.555. The van der Waals surface area contributed by atoms with Crippen molar-refractivity contribution < 1.29 is 4.42 Å². The Kier molecular flexibility index (Phi) is 9.11. The molecule has 67 heavy (non-hydrogen) atoms. The van der Waals surface area contributed by atoms with Crippen LogP contribution in [-0.4, -0.2) is 0 Å². The van der Waals surface area contributed by atoms with Crippen LogP contribution < -0.4 is 4.90 Å². The van der Waals surface area contributed by atoms with Gasteiger partial charge in [-0.2, -0.15) is 0 Å². The Labute approximate surface area is 390 Å². The normalized spacial score (nSPS) is 12.6. The number of furan rings is 1. The summed E-state index contributed by atoms with van der Waals surface area (Å²) in [7, 11) is 0. The molecule has 1 aromatic heterocycles. The Morgan fingerprint density at radius 1 is 0.328 bits per heavy atom. The Hall–Kier alpha value is -8.72. The molecule has 1 aliphatic rings. The monoisotopic (exact) mass is 853 g/mol. The van der Waals surface area contributed by atoms with Crippen LogP contribution in [0.3, 0.4) is 0 Å². The minimum atomic E-state index is -0.555. The van der Waals surface area contributed by atoms with Crippen molar-refractivity contribution >= 4 is 49.8 Å². The van der Waals surface area contributed by atoms with Gasteiger partial charge in [-0.1, -0.05) is 224 Å². The zero-order valence-electron chi connectivity index (χ0n) is 36.7. The molecule has 11 aromatic carbocycles. The van der Waals surface area contributed by atoms with E-state index in [1.54, 1.807) is 0 Å². The molecule has 1 heterocycles. The Morgan fingerprint density at radius 2 is 0.896 bits per heavy atom. The third-order valence-corrected chi connectivity index (χ3v) is 13.9. The number of benzene rings is 11. The standard InChI is InChI=1S/C65H43NO/c1-4-19-45(20-5-1)53-41-38-49(48-35-34-44-18-10-11-21-47(44)42-48)43-61(53)66(52-39-36-46(37-40-52)54-28-16-29-56-55-26-13-15-33-62(55)67-64(54)56)60-32-17-31-59-63(60)57-27-12-14-30-58(57)65(59,50-22-6-2-7-23-50)51-24-8-3-9-25-51/h1-43H. The molecule has 13 rings (SSSR count). The third kappa shape index (κ3) is 6.18. The highest BCUT2D eigenvalue weighted by Gasteiger charge is 2.47. The molecule has 0 aliphatic heterocycles. The predicted molar refractivity (Wildman–Crippen MR) is 280 cm³/mol. The third-order valence-electron chi connectivity index (χ3n) is 13.9. The molecule has 0 radical (unpaired) electrons. The lowest BCUT2D eigenvalue weighted by molar-refractivity contribution is 0.670. The van der Waals surface area contributed by atoms with Crippen LogP contribution in [0.1, 0.15) is 22.3 Å². The topological polar surface area (TPSA) is 16.4 Å². The highest BCUT2D eigenvalue weighted by atomic mass is 16.3. The van der Waals surface area contributed by atoms with E-state index < -0.39 is 5.41 Å². The molecule has 0 spiro atoms. The molecule has 0 saturated heterocycles. The average Bonchev–Trinajstić information content (AvgIpc) is 3.94. The van der Waals surface area contributed by atoms with Crippen molar-refractivity contribution in [2.75, 3.05) is 4.90 Å². The van der Waals surface area contributed by atoms with Gasteiger partial charge in [-0.25, -0.2) is 0 Å². The maximum atomic E-state index is 6.57. The summed E-state index contributed by atoms with van der Waals surface area (Å²) in [6, 6.07) is 95.2. The van der Waals surface area contributed by atoms with Crippen molar-refractivity contribution in [3.05, 3.63) is 283 Å². The summed E-state index contributed by atoms with van der Waals surface area (Å²) in [4.78, 5) is 2.51. The molecule has 0 saturated carbocycles. The van der Waals surface area contributed by atoms with Gasteiger partial charge < -0.3 is 9.32 Å². The Morgan fingerprint density at radius 3 is 1.69 bits per heavy atom. The predicted octanol–water partition coefficient (Wildman–Crippen LogP) is 17.6. The number of hydrogen-bond donors (Lipinski definition) is 0.